The largest absolute Gasteiger partial charge is 0.385 e. The van der Waals surface area contributed by atoms with Crippen molar-refractivity contribution in [3.63, 3.8) is 0 Å². The van der Waals surface area contributed by atoms with Crippen molar-refractivity contribution in [1.29, 1.82) is 0 Å². The Morgan fingerprint density at radius 1 is 0.644 bits per heavy atom. The second-order valence-corrected chi connectivity index (χ2v) is 13.5. The Balaban J connectivity index is 2.00. The first-order valence-electron chi connectivity index (χ1n) is 15.5. The van der Waals surface area contributed by atoms with Gasteiger partial charge in [0.25, 0.3) is 0 Å². The van der Waals surface area contributed by atoms with Crippen molar-refractivity contribution in [3.05, 3.63) is 129 Å². The van der Waals surface area contributed by atoms with Crippen LogP contribution in [0, 0.1) is 10.8 Å². The lowest BCUT2D eigenvalue weighted by Gasteiger charge is -2.34. The average Bonchev–Trinajstić information content (AvgIpc) is 2.94. The monoisotopic (exact) mass is 614 g/mol. The van der Waals surface area contributed by atoms with E-state index in [1.807, 2.05) is 103 Å². The van der Waals surface area contributed by atoms with E-state index in [-0.39, 0.29) is 28.2 Å². The van der Waals surface area contributed by atoms with Gasteiger partial charge >= 0.3 is 0 Å². The quantitative estimate of drug-likeness (QED) is 0.241. The van der Waals surface area contributed by atoms with Gasteiger partial charge in [-0.2, -0.15) is 0 Å². The molecule has 0 saturated carbocycles. The summed E-state index contributed by atoms with van der Waals surface area (Å²) in [7, 11) is 0. The Morgan fingerprint density at radius 3 is 1.53 bits per heavy atom. The maximum Gasteiger partial charge on any atom is 0.187 e. The minimum atomic E-state index is -0.984. The van der Waals surface area contributed by atoms with Crippen LogP contribution in [0.1, 0.15) is 82.1 Å². The zero-order valence-corrected chi connectivity index (χ0v) is 28.7. The van der Waals surface area contributed by atoms with Crippen LogP contribution in [0.5, 0.6) is 0 Å². The molecule has 0 aromatic carbocycles. The van der Waals surface area contributed by atoms with Crippen LogP contribution in [0.4, 0.5) is 4.39 Å². The van der Waals surface area contributed by atoms with Gasteiger partial charge < -0.3 is 10.2 Å². The summed E-state index contributed by atoms with van der Waals surface area (Å²) in [4.78, 5) is 24.5. The molecular weight excluding hydrogens is 563 g/mol. The van der Waals surface area contributed by atoms with Gasteiger partial charge in [0, 0.05) is 0 Å². The van der Waals surface area contributed by atoms with Crippen LogP contribution in [-0.2, 0) is 9.59 Å². The summed E-state index contributed by atoms with van der Waals surface area (Å²) in [5.41, 5.74) is 5.75. The van der Waals surface area contributed by atoms with Crippen molar-refractivity contribution in [2.24, 2.45) is 10.8 Å². The summed E-state index contributed by atoms with van der Waals surface area (Å²) < 4.78 is 14.8. The predicted molar refractivity (Wildman–Crippen MR) is 185 cm³/mol. The highest BCUT2D eigenvalue weighted by atomic mass is 19.1. The van der Waals surface area contributed by atoms with Crippen LogP contribution >= 0.6 is 0 Å². The molecule has 0 spiro atoms. The minimum absolute atomic E-state index is 0.191. The molecule has 0 amide bonds. The first-order valence-corrected chi connectivity index (χ1v) is 15.5. The highest BCUT2D eigenvalue weighted by Crippen LogP contribution is 2.40. The van der Waals surface area contributed by atoms with Gasteiger partial charge in [0.05, 0.1) is 0 Å². The second kappa shape index (κ2) is 16.1. The number of ketones is 2. The number of carbonyl (C=O) groups excluding carboxylic acids is 2. The van der Waals surface area contributed by atoms with E-state index >= 15 is 0 Å². The van der Waals surface area contributed by atoms with E-state index in [0.717, 1.165) is 27.9 Å². The van der Waals surface area contributed by atoms with Crippen molar-refractivity contribution < 1.29 is 24.2 Å². The van der Waals surface area contributed by atoms with Crippen molar-refractivity contribution in [3.8, 4) is 0 Å². The van der Waals surface area contributed by atoms with E-state index in [1.54, 1.807) is 39.0 Å². The third-order valence-electron chi connectivity index (χ3n) is 8.45. The number of aliphatic hydroxyl groups is 2. The molecule has 0 radical (unpaired) electrons. The maximum absolute atomic E-state index is 14.8. The first-order chi connectivity index (χ1) is 20.9. The van der Waals surface area contributed by atoms with E-state index in [0.29, 0.717) is 29.6 Å². The SMILES string of the molecule is CC1=C(/C=C/C(C)=C(F)/C=C/C(C)=C/C=C/C=C(C)/C=C/C=C(C)/C=C/C2=C(C)C(=O)[C@@H](O)CC2(C)C)C(C)(C)C[C@H](O)C1=O. The van der Waals surface area contributed by atoms with Gasteiger partial charge in [0.1, 0.15) is 18.0 Å². The van der Waals surface area contributed by atoms with Gasteiger partial charge in [-0.3, -0.25) is 9.59 Å². The molecule has 0 aromatic rings. The molecule has 4 nitrogen and oxygen atoms in total. The fraction of sp³-hybridized carbons (Fsp3) is 0.400. The Hall–Kier alpha value is -3.67. The van der Waals surface area contributed by atoms with Crippen LogP contribution in [0.2, 0.25) is 0 Å². The molecule has 2 N–H and O–H groups in total. The zero-order valence-electron chi connectivity index (χ0n) is 28.7. The van der Waals surface area contributed by atoms with Gasteiger partial charge in [-0.1, -0.05) is 117 Å². The van der Waals surface area contributed by atoms with Gasteiger partial charge in [0.2, 0.25) is 0 Å². The molecule has 2 aliphatic carbocycles. The lowest BCUT2D eigenvalue weighted by atomic mass is 9.71. The van der Waals surface area contributed by atoms with Gasteiger partial charge in [-0.05, 0) is 99.2 Å². The molecule has 2 atom stereocenters. The van der Waals surface area contributed by atoms with Crippen molar-refractivity contribution in [2.75, 3.05) is 0 Å². The summed E-state index contributed by atoms with van der Waals surface area (Å²) in [5.74, 6) is -0.818. The Labute approximate surface area is 269 Å². The molecule has 0 saturated heterocycles. The molecule has 5 heteroatoms. The maximum atomic E-state index is 14.8. The summed E-state index contributed by atoms with van der Waals surface area (Å²) in [5, 5.41) is 20.0. The summed E-state index contributed by atoms with van der Waals surface area (Å²) >= 11 is 0. The minimum Gasteiger partial charge on any atom is -0.385 e. The second-order valence-electron chi connectivity index (χ2n) is 13.5. The molecule has 0 aliphatic heterocycles. The lowest BCUT2D eigenvalue weighted by Crippen LogP contribution is -2.35. The number of halogens is 1. The Kier molecular flexibility index (Phi) is 13.4. The van der Waals surface area contributed by atoms with Crippen LogP contribution in [0.3, 0.4) is 0 Å². The van der Waals surface area contributed by atoms with E-state index in [2.05, 4.69) is 0 Å². The summed E-state index contributed by atoms with van der Waals surface area (Å²) in [6, 6.07) is 0. The van der Waals surface area contributed by atoms with Gasteiger partial charge in [-0.15, -0.1) is 0 Å². The number of hydrogen-bond donors (Lipinski definition) is 2. The predicted octanol–water partition coefficient (Wildman–Crippen LogP) is 9.20. The lowest BCUT2D eigenvalue weighted by molar-refractivity contribution is -0.126. The molecule has 0 fully saturated rings. The standard InChI is InChI=1S/C40H51FO4/c1-26(16-13-17-28(3)18-21-32-30(5)37(44)35(42)24-39(32,7)8)14-11-12-15-27(2)19-23-34(41)29(4)20-22-33-31(6)38(45)36(43)25-40(33,9)10/h11-23,35-36,42-43H,24-25H2,1-10H3/b12-11+,16-13+,21-18+,22-20+,23-19+,26-14+,27-15+,28-17+,34-29-/t35-,36-/m0/s1. The third-order valence-corrected chi connectivity index (χ3v) is 8.45. The summed E-state index contributed by atoms with van der Waals surface area (Å²) in [6.07, 6.45) is 23.2. The molecule has 0 unspecified atom stereocenters. The van der Waals surface area contributed by atoms with E-state index < -0.39 is 12.2 Å². The van der Waals surface area contributed by atoms with E-state index in [9.17, 15) is 24.2 Å². The highest BCUT2D eigenvalue weighted by molar-refractivity contribution is 6.01. The van der Waals surface area contributed by atoms with Crippen LogP contribution in [-0.4, -0.2) is 34.0 Å². The molecule has 0 bridgehead atoms. The van der Waals surface area contributed by atoms with Gasteiger partial charge in [0.15, 0.2) is 11.6 Å². The number of aliphatic hydroxyl groups excluding tert-OH is 2. The van der Waals surface area contributed by atoms with E-state index in [4.69, 9.17) is 0 Å². The number of Topliss-reactive ketones (excluding diaryl/α,β-unsaturated/α-hetero) is 2. The molecular formula is C40H51FO4. The van der Waals surface area contributed by atoms with Crippen LogP contribution in [0.25, 0.3) is 0 Å². The molecule has 2 rings (SSSR count). The average molecular weight is 615 g/mol. The zero-order chi connectivity index (χ0) is 34.1. The third kappa shape index (κ3) is 10.7. The molecule has 0 heterocycles. The van der Waals surface area contributed by atoms with Crippen LogP contribution in [0.15, 0.2) is 129 Å². The highest BCUT2D eigenvalue weighted by Gasteiger charge is 2.37. The Morgan fingerprint density at radius 2 is 1.04 bits per heavy atom. The summed E-state index contributed by atoms with van der Waals surface area (Å²) in [6.45, 7) is 19.1. The molecule has 242 valence electrons. The molecule has 0 aromatic heterocycles. The number of allylic oxidation sites excluding steroid dienone is 20. The number of hydrogen-bond acceptors (Lipinski definition) is 4. The fourth-order valence-electron chi connectivity index (χ4n) is 5.63. The normalized spacial score (nSPS) is 24.5. The van der Waals surface area contributed by atoms with E-state index in [1.165, 1.54) is 6.08 Å². The number of carbonyl (C=O) groups is 2. The molecule has 45 heavy (non-hydrogen) atoms. The van der Waals surface area contributed by atoms with Crippen LogP contribution < -0.4 is 0 Å². The smallest absolute Gasteiger partial charge is 0.187 e. The van der Waals surface area contributed by atoms with Crippen molar-refractivity contribution >= 4 is 11.6 Å². The van der Waals surface area contributed by atoms with Gasteiger partial charge in [-0.25, -0.2) is 4.39 Å². The first kappa shape index (κ1) is 37.5. The molecule has 2 aliphatic rings. The number of rotatable bonds is 10. The van der Waals surface area contributed by atoms with Crippen molar-refractivity contribution in [2.45, 2.75) is 94.3 Å². The topological polar surface area (TPSA) is 74.6 Å². The van der Waals surface area contributed by atoms with Crippen molar-refractivity contribution in [1.82, 2.24) is 0 Å². The fourth-order valence-corrected chi connectivity index (χ4v) is 5.63. The Bertz CT molecular complexity index is 1510.